The highest BCUT2D eigenvalue weighted by Crippen LogP contribution is 2.32. The first kappa shape index (κ1) is 31.3. The number of methoxy groups -OCH3 is 1. The standard InChI is InChI=1S/C35H43ClN2O5/c1-40-19-5-18-38-33-22-26(8-9-28(33)12-15-35(38)39)25-43-34-24-37-17-16-32(34)27-10-13-30(14-11-27)41-20-2-3-21-42-31-7-4-6-29(36)23-31/h4,6-11,13-14,22-23,32,34,37H,2-3,5,12,15-21,24-25H2,1H3/t32-,34+/m1/s1. The van der Waals surface area contributed by atoms with Crippen LogP contribution < -0.4 is 19.7 Å². The average molecular weight is 607 g/mol. The maximum Gasteiger partial charge on any atom is 0.227 e. The van der Waals surface area contributed by atoms with Crippen LogP contribution in [0.4, 0.5) is 5.69 Å². The first-order valence-corrected chi connectivity index (χ1v) is 15.8. The van der Waals surface area contributed by atoms with E-state index in [1.165, 1.54) is 11.1 Å². The highest BCUT2D eigenvalue weighted by Gasteiger charge is 2.28. The van der Waals surface area contributed by atoms with Crippen molar-refractivity contribution in [2.75, 3.05) is 51.5 Å². The van der Waals surface area contributed by atoms with Crippen LogP contribution in [0.5, 0.6) is 11.5 Å². The van der Waals surface area contributed by atoms with Crippen LogP contribution in [0.2, 0.25) is 5.02 Å². The van der Waals surface area contributed by atoms with Gasteiger partial charge in [0, 0.05) is 49.9 Å². The molecule has 0 saturated carbocycles. The Morgan fingerprint density at radius 3 is 2.51 bits per heavy atom. The summed E-state index contributed by atoms with van der Waals surface area (Å²) in [5, 5.41) is 4.18. The minimum Gasteiger partial charge on any atom is -0.494 e. The van der Waals surface area contributed by atoms with Gasteiger partial charge in [0.25, 0.3) is 0 Å². The van der Waals surface area contributed by atoms with Crippen LogP contribution >= 0.6 is 11.6 Å². The molecule has 1 saturated heterocycles. The van der Waals surface area contributed by atoms with E-state index in [1.807, 2.05) is 29.2 Å². The smallest absolute Gasteiger partial charge is 0.227 e. The molecule has 0 unspecified atom stereocenters. The third kappa shape index (κ3) is 8.96. The summed E-state index contributed by atoms with van der Waals surface area (Å²) < 4.78 is 23.5. The summed E-state index contributed by atoms with van der Waals surface area (Å²) in [4.78, 5) is 14.6. The molecule has 1 fully saturated rings. The molecule has 1 N–H and O–H groups in total. The number of fused-ring (bicyclic) bond motifs is 1. The Hall–Kier alpha value is -3.10. The summed E-state index contributed by atoms with van der Waals surface area (Å²) in [6.45, 7) is 4.90. The minimum atomic E-state index is 0.0653. The minimum absolute atomic E-state index is 0.0653. The number of rotatable bonds is 15. The zero-order valence-corrected chi connectivity index (χ0v) is 25.8. The predicted octanol–water partition coefficient (Wildman–Crippen LogP) is 6.56. The lowest BCUT2D eigenvalue weighted by atomic mass is 9.87. The number of unbranched alkanes of at least 4 members (excludes halogenated alkanes) is 1. The van der Waals surface area contributed by atoms with Gasteiger partial charge in [0.1, 0.15) is 11.5 Å². The van der Waals surface area contributed by atoms with Gasteiger partial charge in [-0.2, -0.15) is 0 Å². The molecule has 0 radical (unpaired) electrons. The van der Waals surface area contributed by atoms with E-state index in [4.69, 9.17) is 30.5 Å². The number of carbonyl (C=O) groups is 1. The third-order valence-electron chi connectivity index (χ3n) is 8.15. The summed E-state index contributed by atoms with van der Waals surface area (Å²) in [6.07, 6.45) is 5.08. The van der Waals surface area contributed by atoms with Gasteiger partial charge in [0.15, 0.2) is 0 Å². The quantitative estimate of drug-likeness (QED) is 0.198. The van der Waals surface area contributed by atoms with E-state index in [0.717, 1.165) is 67.9 Å². The van der Waals surface area contributed by atoms with Gasteiger partial charge >= 0.3 is 0 Å². The van der Waals surface area contributed by atoms with E-state index in [2.05, 4.69) is 47.8 Å². The van der Waals surface area contributed by atoms with Crippen molar-refractivity contribution in [1.29, 1.82) is 0 Å². The van der Waals surface area contributed by atoms with E-state index < -0.39 is 0 Å². The van der Waals surface area contributed by atoms with E-state index in [1.54, 1.807) is 7.11 Å². The van der Waals surface area contributed by atoms with Crippen LogP contribution in [-0.4, -0.2) is 58.6 Å². The number of nitrogens with zero attached hydrogens (tertiary/aromatic N) is 1. The fourth-order valence-corrected chi connectivity index (χ4v) is 6.01. The molecule has 3 aromatic carbocycles. The summed E-state index contributed by atoms with van der Waals surface area (Å²) in [5.74, 6) is 2.17. The highest BCUT2D eigenvalue weighted by atomic mass is 35.5. The van der Waals surface area contributed by atoms with Gasteiger partial charge in [0.2, 0.25) is 5.91 Å². The van der Waals surface area contributed by atoms with E-state index in [-0.39, 0.29) is 12.0 Å². The molecule has 0 aromatic heterocycles. The number of hydrogen-bond acceptors (Lipinski definition) is 6. The van der Waals surface area contributed by atoms with Gasteiger partial charge in [-0.1, -0.05) is 41.9 Å². The van der Waals surface area contributed by atoms with Crippen LogP contribution in [-0.2, 0) is 27.3 Å². The fraction of sp³-hybridized carbons (Fsp3) is 0.457. The van der Waals surface area contributed by atoms with Gasteiger partial charge in [-0.15, -0.1) is 0 Å². The number of amides is 1. The zero-order chi connectivity index (χ0) is 29.9. The SMILES string of the molecule is COCCCN1C(=O)CCc2ccc(CO[C@H]3CNCC[C@@H]3c3ccc(OCCCCOc4cccc(Cl)c4)cc3)cc21. The number of anilines is 1. The van der Waals surface area contributed by atoms with Gasteiger partial charge in [-0.25, -0.2) is 0 Å². The Balaban J connectivity index is 1.10. The largest absolute Gasteiger partial charge is 0.494 e. The summed E-state index contributed by atoms with van der Waals surface area (Å²) in [6, 6.07) is 22.4. The molecule has 5 rings (SSSR count). The number of carbonyl (C=O) groups excluding carboxylic acids is 1. The molecule has 0 aliphatic carbocycles. The number of halogens is 1. The molecule has 43 heavy (non-hydrogen) atoms. The van der Waals surface area contributed by atoms with Crippen LogP contribution in [0.25, 0.3) is 0 Å². The Morgan fingerprint density at radius 1 is 0.907 bits per heavy atom. The van der Waals surface area contributed by atoms with Gasteiger partial charge in [0.05, 0.1) is 25.9 Å². The Kier molecular flexibility index (Phi) is 11.7. The summed E-state index contributed by atoms with van der Waals surface area (Å²) in [5.41, 5.74) is 4.62. The monoisotopic (exact) mass is 606 g/mol. The molecule has 230 valence electrons. The Morgan fingerprint density at radius 2 is 1.72 bits per heavy atom. The Bertz CT molecular complexity index is 1320. The van der Waals surface area contributed by atoms with Crippen molar-refractivity contribution in [3.05, 3.63) is 88.4 Å². The average Bonchev–Trinajstić information content (AvgIpc) is 3.03. The number of benzene rings is 3. The third-order valence-corrected chi connectivity index (χ3v) is 8.39. The molecule has 8 heteroatoms. The molecule has 7 nitrogen and oxygen atoms in total. The molecule has 2 heterocycles. The van der Waals surface area contributed by atoms with E-state index in [0.29, 0.717) is 50.3 Å². The lowest BCUT2D eigenvalue weighted by Gasteiger charge is -2.33. The van der Waals surface area contributed by atoms with Gasteiger partial charge in [-0.3, -0.25) is 4.79 Å². The summed E-state index contributed by atoms with van der Waals surface area (Å²) in [7, 11) is 1.70. The second-order valence-corrected chi connectivity index (χ2v) is 11.7. The van der Waals surface area contributed by atoms with Crippen LogP contribution in [0, 0.1) is 0 Å². The maximum atomic E-state index is 12.7. The second-order valence-electron chi connectivity index (χ2n) is 11.2. The van der Waals surface area contributed by atoms with Crippen LogP contribution in [0.15, 0.2) is 66.7 Å². The van der Waals surface area contributed by atoms with Crippen molar-refractivity contribution in [3.8, 4) is 11.5 Å². The summed E-state index contributed by atoms with van der Waals surface area (Å²) >= 11 is 6.01. The Labute approximate surface area is 260 Å². The molecular weight excluding hydrogens is 564 g/mol. The first-order chi connectivity index (χ1) is 21.1. The van der Waals surface area contributed by atoms with Crippen molar-refractivity contribution < 1.29 is 23.7 Å². The molecule has 1 amide bonds. The second kappa shape index (κ2) is 16.1. The number of aryl methyl sites for hydroxylation is 1. The lowest BCUT2D eigenvalue weighted by Crippen LogP contribution is -2.41. The molecule has 2 aliphatic heterocycles. The molecular formula is C35H43ClN2O5. The molecule has 3 aromatic rings. The molecule has 2 aliphatic rings. The maximum absolute atomic E-state index is 12.7. The van der Waals surface area contributed by atoms with Crippen molar-refractivity contribution >= 4 is 23.2 Å². The molecule has 0 spiro atoms. The highest BCUT2D eigenvalue weighted by molar-refractivity contribution is 6.30. The van der Waals surface area contributed by atoms with Crippen molar-refractivity contribution in [2.45, 2.75) is 57.2 Å². The normalized spacial score (nSPS) is 18.4. The first-order valence-electron chi connectivity index (χ1n) is 15.5. The number of ether oxygens (including phenoxy) is 4. The van der Waals surface area contributed by atoms with Crippen molar-refractivity contribution in [3.63, 3.8) is 0 Å². The number of hydrogen-bond donors (Lipinski definition) is 1. The van der Waals surface area contributed by atoms with Gasteiger partial charge < -0.3 is 29.2 Å². The van der Waals surface area contributed by atoms with Crippen molar-refractivity contribution in [2.24, 2.45) is 0 Å². The fourth-order valence-electron chi connectivity index (χ4n) is 5.83. The lowest BCUT2D eigenvalue weighted by molar-refractivity contribution is -0.118. The van der Waals surface area contributed by atoms with Crippen LogP contribution in [0.3, 0.4) is 0 Å². The van der Waals surface area contributed by atoms with E-state index >= 15 is 0 Å². The topological polar surface area (TPSA) is 69.3 Å². The molecule has 2 atom stereocenters. The molecule has 0 bridgehead atoms. The predicted molar refractivity (Wildman–Crippen MR) is 171 cm³/mol. The zero-order valence-electron chi connectivity index (χ0n) is 25.1. The number of piperidine rings is 1. The van der Waals surface area contributed by atoms with Crippen molar-refractivity contribution in [1.82, 2.24) is 5.32 Å². The van der Waals surface area contributed by atoms with E-state index in [9.17, 15) is 4.79 Å². The number of nitrogens with one attached hydrogen (secondary N) is 1. The van der Waals surface area contributed by atoms with Gasteiger partial charge in [-0.05, 0) is 91.7 Å². The van der Waals surface area contributed by atoms with Crippen LogP contribution in [0.1, 0.15) is 54.7 Å².